The van der Waals surface area contributed by atoms with Gasteiger partial charge in [0.2, 0.25) is 0 Å². The van der Waals surface area contributed by atoms with Crippen LogP contribution >= 0.6 is 0 Å². The number of hydrogen-bond donors (Lipinski definition) is 1. The van der Waals surface area contributed by atoms with Crippen molar-refractivity contribution >= 4 is 11.0 Å². The largest absolute Gasteiger partial charge is 0.508 e. The van der Waals surface area contributed by atoms with Crippen molar-refractivity contribution in [2.45, 2.75) is 0 Å². The zero-order valence-corrected chi connectivity index (χ0v) is 10.8. The summed E-state index contributed by atoms with van der Waals surface area (Å²) in [5.41, 5.74) is 2.67. The lowest BCUT2D eigenvalue weighted by atomic mass is 10.2. The summed E-state index contributed by atoms with van der Waals surface area (Å²) in [4.78, 5) is 4.60. The maximum atomic E-state index is 9.57. The van der Waals surface area contributed by atoms with Crippen molar-refractivity contribution in [1.29, 1.82) is 0 Å². The quantitative estimate of drug-likeness (QED) is 0.764. The van der Waals surface area contributed by atoms with E-state index in [1.165, 1.54) is 0 Å². The molecule has 0 saturated carbocycles. The highest BCUT2D eigenvalue weighted by Gasteiger charge is 2.13. The lowest BCUT2D eigenvalue weighted by Crippen LogP contribution is -1.95. The first-order valence-electron chi connectivity index (χ1n) is 5.99. The fourth-order valence-corrected chi connectivity index (χ4v) is 2.25. The number of methoxy groups -OCH3 is 1. The number of phenols is 1. The van der Waals surface area contributed by atoms with Crippen LogP contribution in [0.1, 0.15) is 0 Å². The molecule has 96 valence electrons. The molecule has 0 saturated heterocycles. The van der Waals surface area contributed by atoms with Gasteiger partial charge in [0.1, 0.15) is 17.3 Å². The zero-order valence-electron chi connectivity index (χ0n) is 10.8. The van der Waals surface area contributed by atoms with E-state index >= 15 is 0 Å². The molecule has 3 rings (SSSR count). The predicted octanol–water partition coefficient (Wildman–Crippen LogP) is 2.95. The number of nitrogens with zero attached hydrogens (tertiary/aromatic N) is 2. The van der Waals surface area contributed by atoms with Crippen LogP contribution in [0.25, 0.3) is 22.4 Å². The van der Waals surface area contributed by atoms with Gasteiger partial charge in [0.15, 0.2) is 0 Å². The molecule has 3 aromatic rings. The van der Waals surface area contributed by atoms with Crippen LogP contribution in [-0.2, 0) is 7.05 Å². The third-order valence-electron chi connectivity index (χ3n) is 3.21. The standard InChI is InChI=1S/C15H14N2O2/c1-17-13-9-10(18)7-8-12(13)16-15(17)11-5-3-4-6-14(11)19-2/h3-9,18H,1-2H3. The summed E-state index contributed by atoms with van der Waals surface area (Å²) < 4.78 is 7.32. The molecule has 0 fully saturated rings. The molecule has 0 bridgehead atoms. The summed E-state index contributed by atoms with van der Waals surface area (Å²) >= 11 is 0. The molecule has 1 N–H and O–H groups in total. The number of rotatable bonds is 2. The van der Waals surface area contributed by atoms with E-state index in [4.69, 9.17) is 4.74 Å². The first-order chi connectivity index (χ1) is 9.20. The van der Waals surface area contributed by atoms with E-state index in [9.17, 15) is 5.11 Å². The van der Waals surface area contributed by atoms with Gasteiger partial charge < -0.3 is 14.4 Å². The van der Waals surface area contributed by atoms with Crippen LogP contribution in [0, 0.1) is 0 Å². The molecule has 1 heterocycles. The van der Waals surface area contributed by atoms with Gasteiger partial charge in [-0.3, -0.25) is 0 Å². The topological polar surface area (TPSA) is 47.3 Å². The van der Waals surface area contributed by atoms with E-state index in [0.717, 1.165) is 28.2 Å². The van der Waals surface area contributed by atoms with Crippen LogP contribution in [0.15, 0.2) is 42.5 Å². The highest BCUT2D eigenvalue weighted by Crippen LogP contribution is 2.31. The first-order valence-corrected chi connectivity index (χ1v) is 5.99. The minimum atomic E-state index is 0.238. The Bertz CT molecular complexity index is 747. The van der Waals surface area contributed by atoms with Crippen molar-refractivity contribution in [2.24, 2.45) is 7.05 Å². The molecule has 0 atom stereocenters. The fourth-order valence-electron chi connectivity index (χ4n) is 2.25. The van der Waals surface area contributed by atoms with E-state index in [1.807, 2.05) is 41.9 Å². The van der Waals surface area contributed by atoms with E-state index in [2.05, 4.69) is 4.98 Å². The molecule has 1 aromatic heterocycles. The monoisotopic (exact) mass is 254 g/mol. The molecule has 0 amide bonds. The van der Waals surface area contributed by atoms with E-state index in [0.29, 0.717) is 0 Å². The van der Waals surface area contributed by atoms with Crippen molar-refractivity contribution in [2.75, 3.05) is 7.11 Å². The predicted molar refractivity (Wildman–Crippen MR) is 74.4 cm³/mol. The van der Waals surface area contributed by atoms with Gasteiger partial charge in [-0.05, 0) is 24.3 Å². The van der Waals surface area contributed by atoms with Crippen LogP contribution in [0.2, 0.25) is 0 Å². The van der Waals surface area contributed by atoms with Crippen LogP contribution in [-0.4, -0.2) is 21.8 Å². The second-order valence-electron chi connectivity index (χ2n) is 4.37. The molecular weight excluding hydrogens is 240 g/mol. The van der Waals surface area contributed by atoms with Crippen molar-refractivity contribution in [3.05, 3.63) is 42.5 Å². The number of aryl methyl sites for hydroxylation is 1. The number of aromatic nitrogens is 2. The maximum Gasteiger partial charge on any atom is 0.144 e. The molecule has 19 heavy (non-hydrogen) atoms. The Balaban J connectivity index is 2.28. The summed E-state index contributed by atoms with van der Waals surface area (Å²) in [5.74, 6) is 1.84. The fraction of sp³-hybridized carbons (Fsp3) is 0.133. The Morgan fingerprint density at radius 2 is 1.95 bits per heavy atom. The number of phenolic OH excluding ortho intramolecular Hbond substituents is 1. The van der Waals surface area contributed by atoms with Crippen molar-refractivity contribution in [3.63, 3.8) is 0 Å². The Morgan fingerprint density at radius 3 is 2.74 bits per heavy atom. The molecule has 2 aromatic carbocycles. The Labute approximate surface area is 110 Å². The van der Waals surface area contributed by atoms with Crippen molar-refractivity contribution in [3.8, 4) is 22.9 Å². The van der Waals surface area contributed by atoms with Gasteiger partial charge in [-0.15, -0.1) is 0 Å². The van der Waals surface area contributed by atoms with Gasteiger partial charge >= 0.3 is 0 Å². The molecule has 4 heteroatoms. The minimum Gasteiger partial charge on any atom is -0.508 e. The van der Waals surface area contributed by atoms with Crippen LogP contribution in [0.5, 0.6) is 11.5 Å². The van der Waals surface area contributed by atoms with Gasteiger partial charge in [-0.25, -0.2) is 4.98 Å². The average molecular weight is 254 g/mol. The highest BCUT2D eigenvalue weighted by molar-refractivity contribution is 5.82. The SMILES string of the molecule is COc1ccccc1-c1nc2ccc(O)cc2n1C. The summed E-state index contributed by atoms with van der Waals surface area (Å²) in [6.45, 7) is 0. The number of para-hydroxylation sites is 1. The third kappa shape index (κ3) is 1.81. The van der Waals surface area contributed by atoms with Crippen LogP contribution in [0.3, 0.4) is 0 Å². The zero-order chi connectivity index (χ0) is 13.4. The number of hydrogen-bond acceptors (Lipinski definition) is 3. The Hall–Kier alpha value is -2.49. The van der Waals surface area contributed by atoms with E-state index in [-0.39, 0.29) is 5.75 Å². The van der Waals surface area contributed by atoms with Crippen molar-refractivity contribution in [1.82, 2.24) is 9.55 Å². The highest BCUT2D eigenvalue weighted by atomic mass is 16.5. The summed E-state index contributed by atoms with van der Waals surface area (Å²) in [5, 5.41) is 9.57. The minimum absolute atomic E-state index is 0.238. The average Bonchev–Trinajstić information content (AvgIpc) is 2.76. The lowest BCUT2D eigenvalue weighted by Gasteiger charge is -2.07. The molecule has 0 unspecified atom stereocenters. The number of aromatic hydroxyl groups is 1. The maximum absolute atomic E-state index is 9.57. The number of benzene rings is 2. The number of imidazole rings is 1. The second-order valence-corrected chi connectivity index (χ2v) is 4.37. The first kappa shape index (κ1) is 11.6. The number of fused-ring (bicyclic) bond motifs is 1. The van der Waals surface area contributed by atoms with Gasteiger partial charge in [0.25, 0.3) is 0 Å². The summed E-state index contributed by atoms with van der Waals surface area (Å²) in [6.07, 6.45) is 0. The Kier molecular flexibility index (Phi) is 2.63. The molecule has 0 aliphatic rings. The third-order valence-corrected chi connectivity index (χ3v) is 3.21. The lowest BCUT2D eigenvalue weighted by molar-refractivity contribution is 0.416. The van der Waals surface area contributed by atoms with Gasteiger partial charge in [-0.2, -0.15) is 0 Å². The summed E-state index contributed by atoms with van der Waals surface area (Å²) in [7, 11) is 3.57. The van der Waals surface area contributed by atoms with Gasteiger partial charge in [-0.1, -0.05) is 12.1 Å². The number of ether oxygens (including phenoxy) is 1. The van der Waals surface area contributed by atoms with Crippen molar-refractivity contribution < 1.29 is 9.84 Å². The molecule has 0 spiro atoms. The normalized spacial score (nSPS) is 10.8. The van der Waals surface area contributed by atoms with Crippen LogP contribution < -0.4 is 4.74 Å². The molecule has 4 nitrogen and oxygen atoms in total. The van der Waals surface area contributed by atoms with E-state index < -0.39 is 0 Å². The smallest absolute Gasteiger partial charge is 0.144 e. The molecule has 0 aliphatic heterocycles. The molecular formula is C15H14N2O2. The van der Waals surface area contributed by atoms with Gasteiger partial charge in [0.05, 0.1) is 23.7 Å². The van der Waals surface area contributed by atoms with Gasteiger partial charge in [0, 0.05) is 13.1 Å². The Morgan fingerprint density at radius 1 is 1.16 bits per heavy atom. The van der Waals surface area contributed by atoms with Crippen LogP contribution in [0.4, 0.5) is 0 Å². The molecule has 0 aliphatic carbocycles. The van der Waals surface area contributed by atoms with E-state index in [1.54, 1.807) is 19.2 Å². The second kappa shape index (κ2) is 4.31. The summed E-state index contributed by atoms with van der Waals surface area (Å²) in [6, 6.07) is 12.9. The molecule has 0 radical (unpaired) electrons.